The van der Waals surface area contributed by atoms with E-state index in [0.29, 0.717) is 13.0 Å². The molecule has 0 N–H and O–H groups in total. The molecule has 1 aromatic rings. The molecular formula is C14H20N4O2. The molecule has 1 fully saturated rings. The highest BCUT2D eigenvalue weighted by Gasteiger charge is 2.44. The van der Waals surface area contributed by atoms with Crippen LogP contribution in [0.1, 0.15) is 39.2 Å². The van der Waals surface area contributed by atoms with Crippen molar-refractivity contribution in [2.24, 2.45) is 5.10 Å². The van der Waals surface area contributed by atoms with Crippen LogP contribution in [-0.2, 0) is 16.1 Å². The van der Waals surface area contributed by atoms with Crippen molar-refractivity contribution in [1.82, 2.24) is 14.8 Å². The molecule has 2 aliphatic rings. The van der Waals surface area contributed by atoms with Gasteiger partial charge in [-0.2, -0.15) is 10.2 Å². The van der Waals surface area contributed by atoms with Gasteiger partial charge >= 0.3 is 0 Å². The first-order chi connectivity index (χ1) is 9.51. The second kappa shape index (κ2) is 4.70. The van der Waals surface area contributed by atoms with E-state index in [2.05, 4.69) is 10.2 Å². The lowest BCUT2D eigenvalue weighted by Crippen LogP contribution is -2.45. The van der Waals surface area contributed by atoms with Gasteiger partial charge < -0.3 is 4.74 Å². The minimum Gasteiger partial charge on any atom is -0.373 e. The summed E-state index contributed by atoms with van der Waals surface area (Å²) in [5.41, 5.74) is 1.40. The molecule has 0 radical (unpaired) electrons. The Kier molecular flexibility index (Phi) is 3.12. The lowest BCUT2D eigenvalue weighted by atomic mass is 9.98. The van der Waals surface area contributed by atoms with Crippen molar-refractivity contribution in [1.29, 1.82) is 0 Å². The van der Waals surface area contributed by atoms with Gasteiger partial charge in [0.15, 0.2) is 0 Å². The summed E-state index contributed by atoms with van der Waals surface area (Å²) in [6.07, 6.45) is 4.90. The zero-order valence-electron chi connectivity index (χ0n) is 12.2. The summed E-state index contributed by atoms with van der Waals surface area (Å²) >= 11 is 0. The van der Waals surface area contributed by atoms with Crippen molar-refractivity contribution in [3.63, 3.8) is 0 Å². The highest BCUT2D eigenvalue weighted by Crippen LogP contribution is 2.32. The summed E-state index contributed by atoms with van der Waals surface area (Å²) in [7, 11) is 0. The van der Waals surface area contributed by atoms with Crippen LogP contribution in [-0.4, -0.2) is 44.7 Å². The van der Waals surface area contributed by atoms with Gasteiger partial charge in [-0.05, 0) is 27.2 Å². The first-order valence-electron chi connectivity index (χ1n) is 7.07. The van der Waals surface area contributed by atoms with Gasteiger partial charge in [-0.1, -0.05) is 0 Å². The van der Waals surface area contributed by atoms with E-state index in [-0.39, 0.29) is 17.6 Å². The molecule has 0 aromatic carbocycles. The number of hydrazone groups is 1. The molecule has 1 aromatic heterocycles. The van der Waals surface area contributed by atoms with Gasteiger partial charge in [0.1, 0.15) is 0 Å². The molecule has 0 aliphatic carbocycles. The fraction of sp³-hybridized carbons (Fsp3) is 0.643. The predicted octanol–water partition coefficient (Wildman–Crippen LogP) is 1.41. The summed E-state index contributed by atoms with van der Waals surface area (Å²) in [4.78, 5) is 12.2. The predicted molar refractivity (Wildman–Crippen MR) is 74.3 cm³/mol. The lowest BCUT2D eigenvalue weighted by molar-refractivity contribution is -0.134. The molecule has 1 unspecified atom stereocenters. The van der Waals surface area contributed by atoms with E-state index in [4.69, 9.17) is 4.74 Å². The number of carbonyl (C=O) groups excluding carboxylic acids is 1. The average Bonchev–Trinajstić information content (AvgIpc) is 3.07. The SMILES string of the molecule is CCn1cc(C2=NN(C3CCOC3(C)C)C(=O)C2)cn1. The molecule has 6 nitrogen and oxygen atoms in total. The molecule has 1 atom stereocenters. The van der Waals surface area contributed by atoms with Crippen molar-refractivity contribution < 1.29 is 9.53 Å². The molecule has 0 spiro atoms. The molecule has 1 saturated heterocycles. The third kappa shape index (κ3) is 2.14. The monoisotopic (exact) mass is 276 g/mol. The van der Waals surface area contributed by atoms with Crippen molar-refractivity contribution >= 4 is 11.6 Å². The van der Waals surface area contributed by atoms with Crippen LogP contribution in [0, 0.1) is 0 Å². The normalized spacial score (nSPS) is 25.4. The van der Waals surface area contributed by atoms with Crippen molar-refractivity contribution in [2.45, 2.75) is 51.8 Å². The third-order valence-electron chi connectivity index (χ3n) is 4.06. The summed E-state index contributed by atoms with van der Waals surface area (Å²) < 4.78 is 7.54. The molecule has 3 rings (SSSR count). The van der Waals surface area contributed by atoms with E-state index < -0.39 is 0 Å². The van der Waals surface area contributed by atoms with Gasteiger partial charge in [-0.25, -0.2) is 5.01 Å². The smallest absolute Gasteiger partial charge is 0.249 e. The van der Waals surface area contributed by atoms with E-state index in [1.54, 1.807) is 11.2 Å². The first kappa shape index (κ1) is 13.3. The van der Waals surface area contributed by atoms with Crippen molar-refractivity contribution in [3.05, 3.63) is 18.0 Å². The fourth-order valence-electron chi connectivity index (χ4n) is 2.83. The Balaban J connectivity index is 1.85. The molecule has 6 heteroatoms. The van der Waals surface area contributed by atoms with Crippen LogP contribution >= 0.6 is 0 Å². The quantitative estimate of drug-likeness (QED) is 0.838. The Morgan fingerprint density at radius 1 is 1.50 bits per heavy atom. The number of aromatic nitrogens is 2. The number of rotatable bonds is 3. The Morgan fingerprint density at radius 2 is 2.30 bits per heavy atom. The zero-order chi connectivity index (χ0) is 14.3. The fourth-order valence-corrected chi connectivity index (χ4v) is 2.83. The van der Waals surface area contributed by atoms with Crippen molar-refractivity contribution in [2.75, 3.05) is 6.61 Å². The molecule has 2 aliphatic heterocycles. The van der Waals surface area contributed by atoms with Gasteiger partial charge in [0.2, 0.25) is 5.91 Å². The van der Waals surface area contributed by atoms with Crippen LogP contribution in [0.5, 0.6) is 0 Å². The standard InChI is InChI=1S/C14H20N4O2/c1-4-17-9-10(8-15-17)11-7-13(19)18(16-11)12-5-6-20-14(12,2)3/h8-9,12H,4-7H2,1-3H3. The zero-order valence-corrected chi connectivity index (χ0v) is 12.2. The van der Waals surface area contributed by atoms with Gasteiger partial charge in [0, 0.05) is 24.9 Å². The maximum atomic E-state index is 12.2. The number of ether oxygens (including phenoxy) is 1. The Labute approximate surface area is 118 Å². The number of carbonyl (C=O) groups is 1. The maximum Gasteiger partial charge on any atom is 0.249 e. The number of aryl methyl sites for hydroxylation is 1. The van der Waals surface area contributed by atoms with E-state index in [1.807, 2.05) is 31.6 Å². The van der Waals surface area contributed by atoms with Gasteiger partial charge in [0.05, 0.1) is 30.0 Å². The van der Waals surface area contributed by atoms with Crippen LogP contribution < -0.4 is 0 Å². The molecular weight excluding hydrogens is 256 g/mol. The second-order valence-corrected chi connectivity index (χ2v) is 5.80. The summed E-state index contributed by atoms with van der Waals surface area (Å²) in [5.74, 6) is 0.0489. The van der Waals surface area contributed by atoms with Crippen LogP contribution in [0.3, 0.4) is 0 Å². The minimum atomic E-state index is -0.331. The van der Waals surface area contributed by atoms with Crippen LogP contribution in [0.4, 0.5) is 0 Å². The van der Waals surface area contributed by atoms with E-state index in [9.17, 15) is 4.79 Å². The van der Waals surface area contributed by atoms with Crippen LogP contribution in [0.2, 0.25) is 0 Å². The van der Waals surface area contributed by atoms with Crippen molar-refractivity contribution in [3.8, 4) is 0 Å². The highest BCUT2D eigenvalue weighted by atomic mass is 16.5. The first-order valence-corrected chi connectivity index (χ1v) is 7.07. The number of hydrogen-bond donors (Lipinski definition) is 0. The Bertz CT molecular complexity index is 561. The Hall–Kier alpha value is -1.69. The number of amides is 1. The summed E-state index contributed by atoms with van der Waals surface area (Å²) in [6, 6.07) is 0.0220. The van der Waals surface area contributed by atoms with Crippen LogP contribution in [0.15, 0.2) is 17.5 Å². The van der Waals surface area contributed by atoms with Gasteiger partial charge in [-0.15, -0.1) is 0 Å². The highest BCUT2D eigenvalue weighted by molar-refractivity contribution is 6.13. The molecule has 20 heavy (non-hydrogen) atoms. The topological polar surface area (TPSA) is 59.7 Å². The summed E-state index contributed by atoms with van der Waals surface area (Å²) in [6.45, 7) is 7.55. The van der Waals surface area contributed by atoms with E-state index in [1.165, 1.54) is 0 Å². The minimum absolute atomic E-state index is 0.0220. The number of hydrogen-bond acceptors (Lipinski definition) is 4. The Morgan fingerprint density at radius 3 is 2.90 bits per heavy atom. The third-order valence-corrected chi connectivity index (χ3v) is 4.06. The molecule has 1 amide bonds. The number of nitrogens with zero attached hydrogens (tertiary/aromatic N) is 4. The molecule has 0 saturated carbocycles. The van der Waals surface area contributed by atoms with Crippen LogP contribution in [0.25, 0.3) is 0 Å². The van der Waals surface area contributed by atoms with E-state index >= 15 is 0 Å². The van der Waals surface area contributed by atoms with E-state index in [0.717, 1.165) is 24.2 Å². The van der Waals surface area contributed by atoms with Gasteiger partial charge in [0.25, 0.3) is 0 Å². The molecule has 0 bridgehead atoms. The van der Waals surface area contributed by atoms with Gasteiger partial charge in [-0.3, -0.25) is 9.48 Å². The molecule has 3 heterocycles. The maximum absolute atomic E-state index is 12.2. The molecule has 108 valence electrons. The second-order valence-electron chi connectivity index (χ2n) is 5.80. The average molecular weight is 276 g/mol. The lowest BCUT2D eigenvalue weighted by Gasteiger charge is -2.30. The largest absolute Gasteiger partial charge is 0.373 e. The summed E-state index contributed by atoms with van der Waals surface area (Å²) in [5, 5.41) is 10.4.